The maximum absolute atomic E-state index is 6.59. The average Bonchev–Trinajstić information content (AvgIpc) is 2.97. The summed E-state index contributed by atoms with van der Waals surface area (Å²) in [5, 5.41) is 0. The smallest absolute Gasteiger partial charge is 0.283 e. The second-order valence-electron chi connectivity index (χ2n) is 14.2. The third-order valence-electron chi connectivity index (χ3n) is 8.32. The van der Waals surface area contributed by atoms with Crippen LogP contribution in [0.2, 0.25) is 6.04 Å². The molecule has 0 unspecified atom stereocenters. The van der Waals surface area contributed by atoms with Crippen molar-refractivity contribution < 1.29 is 14.2 Å². The van der Waals surface area contributed by atoms with Crippen LogP contribution in [0.5, 0.6) is 0 Å². The molecular weight excluding hydrogens is 581 g/mol. The van der Waals surface area contributed by atoms with E-state index in [0.29, 0.717) is 19.8 Å². The number of allylic oxidation sites excluding steroid dienone is 9. The molecule has 266 valence electrons. The van der Waals surface area contributed by atoms with Crippen molar-refractivity contribution in [3.8, 4) is 0 Å². The van der Waals surface area contributed by atoms with Crippen LogP contribution in [-0.2, 0) is 14.2 Å². The molecule has 0 N–H and O–H groups in total. The summed E-state index contributed by atoms with van der Waals surface area (Å²) >= 11 is 0. The summed E-state index contributed by atoms with van der Waals surface area (Å²) in [5.74, 6) is -1.05. The van der Waals surface area contributed by atoms with E-state index < -0.39 is 5.97 Å². The van der Waals surface area contributed by atoms with Crippen LogP contribution in [0.1, 0.15) is 165 Å². The van der Waals surface area contributed by atoms with Gasteiger partial charge in [-0.05, 0) is 107 Å². The van der Waals surface area contributed by atoms with Crippen LogP contribution in [0.3, 0.4) is 0 Å². The summed E-state index contributed by atoms with van der Waals surface area (Å²) in [7, 11) is 1.35. The van der Waals surface area contributed by atoms with Crippen molar-refractivity contribution in [3.63, 3.8) is 0 Å². The van der Waals surface area contributed by atoms with Gasteiger partial charge in [0.1, 0.15) is 0 Å². The first-order chi connectivity index (χ1) is 22.0. The van der Waals surface area contributed by atoms with Crippen LogP contribution >= 0.6 is 0 Å². The molecule has 46 heavy (non-hydrogen) atoms. The van der Waals surface area contributed by atoms with Gasteiger partial charge in [0.2, 0.25) is 0 Å². The molecule has 0 aromatic rings. The van der Waals surface area contributed by atoms with Crippen molar-refractivity contribution in [1.29, 1.82) is 0 Å². The molecule has 0 bridgehead atoms. The van der Waals surface area contributed by atoms with E-state index >= 15 is 0 Å². The van der Waals surface area contributed by atoms with Gasteiger partial charge in [-0.15, -0.1) is 0 Å². The Morgan fingerprint density at radius 2 is 0.739 bits per heavy atom. The molecule has 0 heterocycles. The van der Waals surface area contributed by atoms with E-state index in [9.17, 15) is 0 Å². The molecular formula is C42H76O3Si. The third kappa shape index (κ3) is 28.7. The minimum Gasteiger partial charge on any atom is -0.323 e. The quantitative estimate of drug-likeness (QED) is 0.0347. The van der Waals surface area contributed by atoms with Gasteiger partial charge in [0.05, 0.1) is 19.8 Å². The summed E-state index contributed by atoms with van der Waals surface area (Å²) in [5.41, 5.74) is 8.15. The fourth-order valence-corrected chi connectivity index (χ4v) is 5.67. The maximum atomic E-state index is 6.59. The monoisotopic (exact) mass is 657 g/mol. The lowest BCUT2D eigenvalue weighted by Gasteiger charge is -2.33. The molecule has 0 aliphatic carbocycles. The highest BCUT2D eigenvalue weighted by Gasteiger charge is 2.32. The molecule has 0 radical (unpaired) electrons. The van der Waals surface area contributed by atoms with E-state index in [1.807, 2.05) is 0 Å². The van der Waals surface area contributed by atoms with Crippen molar-refractivity contribution in [2.24, 2.45) is 0 Å². The standard InChI is InChI=1S/C42H76O3Si/c1-36(2)22-19-25-39(7)28-32-43-42(44-33-29-40(8)26-20-23-37(3)4,45-34-30-41(9)27-21-24-38(5)6)31-17-15-13-11-10-12-14-16-18-35-46/h22-24,28-30H,10-21,25-27,31-35H2,1-9,46H3. The highest BCUT2D eigenvalue weighted by atomic mass is 28.1. The average molecular weight is 657 g/mol. The zero-order chi connectivity index (χ0) is 34.5. The van der Waals surface area contributed by atoms with Crippen LogP contribution in [-0.4, -0.2) is 36.0 Å². The minimum atomic E-state index is -1.05. The lowest BCUT2D eigenvalue weighted by molar-refractivity contribution is -0.374. The SMILES string of the molecule is CC(C)=CCCC(C)=CCOC(CCCCCCCCCCC[SiH3])(OCC=C(C)CCC=C(C)C)OCC=C(C)CCC=C(C)C. The minimum absolute atomic E-state index is 0.493. The van der Waals surface area contributed by atoms with Gasteiger partial charge >= 0.3 is 0 Å². The van der Waals surface area contributed by atoms with Crippen molar-refractivity contribution in [3.05, 3.63) is 69.9 Å². The van der Waals surface area contributed by atoms with Gasteiger partial charge in [-0.1, -0.05) is 127 Å². The lowest BCUT2D eigenvalue weighted by Crippen LogP contribution is -2.40. The number of rotatable bonds is 29. The largest absolute Gasteiger partial charge is 0.323 e. The molecule has 0 aliphatic heterocycles. The van der Waals surface area contributed by atoms with Crippen LogP contribution in [0.4, 0.5) is 0 Å². The Balaban J connectivity index is 5.62. The maximum Gasteiger partial charge on any atom is 0.283 e. The van der Waals surface area contributed by atoms with Gasteiger partial charge < -0.3 is 14.2 Å². The Labute approximate surface area is 290 Å². The predicted molar refractivity (Wildman–Crippen MR) is 209 cm³/mol. The summed E-state index contributed by atoms with van der Waals surface area (Å²) in [6.45, 7) is 21.1. The number of ether oxygens (including phenoxy) is 3. The molecule has 0 aliphatic rings. The van der Waals surface area contributed by atoms with Gasteiger partial charge in [-0.3, -0.25) is 0 Å². The molecule has 0 fully saturated rings. The zero-order valence-corrected chi connectivity index (χ0v) is 34.3. The van der Waals surface area contributed by atoms with Crippen LogP contribution in [0.15, 0.2) is 69.9 Å². The Morgan fingerprint density at radius 3 is 1.04 bits per heavy atom. The normalized spacial score (nSPS) is 13.9. The fraction of sp³-hybridized carbons (Fsp3) is 0.714. The van der Waals surface area contributed by atoms with Gasteiger partial charge in [0, 0.05) is 16.7 Å². The Kier molecular flexibility index (Phi) is 28.7. The summed E-state index contributed by atoms with van der Waals surface area (Å²) < 4.78 is 19.8. The van der Waals surface area contributed by atoms with Crippen molar-refractivity contribution in [2.75, 3.05) is 19.8 Å². The van der Waals surface area contributed by atoms with E-state index in [4.69, 9.17) is 14.2 Å². The third-order valence-corrected chi connectivity index (χ3v) is 9.02. The van der Waals surface area contributed by atoms with Gasteiger partial charge in [0.15, 0.2) is 0 Å². The van der Waals surface area contributed by atoms with Gasteiger partial charge in [-0.2, -0.15) is 0 Å². The molecule has 0 aromatic carbocycles. The van der Waals surface area contributed by atoms with Crippen molar-refractivity contribution >= 4 is 10.2 Å². The van der Waals surface area contributed by atoms with E-state index in [-0.39, 0.29) is 0 Å². The Morgan fingerprint density at radius 1 is 0.435 bits per heavy atom. The van der Waals surface area contributed by atoms with E-state index in [1.54, 1.807) is 0 Å². The molecule has 0 aromatic heterocycles. The molecule has 0 rings (SSSR count). The van der Waals surface area contributed by atoms with E-state index in [1.165, 1.54) is 101 Å². The first kappa shape index (κ1) is 44.5. The lowest BCUT2D eigenvalue weighted by atomic mass is 10.1. The first-order valence-corrected chi connectivity index (χ1v) is 20.2. The van der Waals surface area contributed by atoms with Crippen molar-refractivity contribution in [2.45, 2.75) is 177 Å². The molecule has 0 spiro atoms. The first-order valence-electron chi connectivity index (χ1n) is 18.8. The molecule has 0 saturated heterocycles. The molecule has 0 atom stereocenters. The van der Waals surface area contributed by atoms with Gasteiger partial charge in [0.25, 0.3) is 5.97 Å². The molecule has 0 saturated carbocycles. The number of hydrogen-bond acceptors (Lipinski definition) is 3. The number of hydrogen-bond donors (Lipinski definition) is 0. The van der Waals surface area contributed by atoms with Gasteiger partial charge in [-0.25, -0.2) is 0 Å². The molecule has 4 heteroatoms. The summed E-state index contributed by atoms with van der Waals surface area (Å²) in [4.78, 5) is 0. The second-order valence-corrected chi connectivity index (χ2v) is 15.2. The highest BCUT2D eigenvalue weighted by molar-refractivity contribution is 6.08. The summed E-state index contributed by atoms with van der Waals surface area (Å²) in [6.07, 6.45) is 32.5. The zero-order valence-electron chi connectivity index (χ0n) is 32.3. The second kappa shape index (κ2) is 29.7. The van der Waals surface area contributed by atoms with Crippen LogP contribution in [0.25, 0.3) is 0 Å². The molecule has 0 amide bonds. The Hall–Kier alpha value is -1.46. The van der Waals surface area contributed by atoms with E-state index in [2.05, 4.69) is 98.8 Å². The predicted octanol–water partition coefficient (Wildman–Crippen LogP) is 12.5. The Bertz CT molecular complexity index is 835. The van der Waals surface area contributed by atoms with E-state index in [0.717, 1.165) is 51.4 Å². The van der Waals surface area contributed by atoms with Crippen molar-refractivity contribution in [1.82, 2.24) is 0 Å². The molecule has 3 nitrogen and oxygen atoms in total. The topological polar surface area (TPSA) is 27.7 Å². The summed E-state index contributed by atoms with van der Waals surface area (Å²) in [6, 6.07) is 1.45. The van der Waals surface area contributed by atoms with Crippen LogP contribution < -0.4 is 0 Å². The van der Waals surface area contributed by atoms with Crippen LogP contribution in [0, 0.1) is 0 Å². The highest BCUT2D eigenvalue weighted by Crippen LogP contribution is 2.26. The number of unbranched alkanes of at least 4 members (excludes halogenated alkanes) is 8. The fourth-order valence-electron chi connectivity index (χ4n) is 5.17.